The van der Waals surface area contributed by atoms with Gasteiger partial charge in [0.15, 0.2) is 0 Å². The maximum Gasteiger partial charge on any atom is 0.0932 e. The molecule has 19 heavy (non-hydrogen) atoms. The molecule has 0 saturated heterocycles. The van der Waals surface area contributed by atoms with Gasteiger partial charge in [0.2, 0.25) is 0 Å². The van der Waals surface area contributed by atoms with Gasteiger partial charge in [-0.2, -0.15) is 0 Å². The summed E-state index contributed by atoms with van der Waals surface area (Å²) in [6.07, 6.45) is 0. The standard InChI is InChI=1S/C15H19ClN2S/c1-11(14-8-9-15(16)19-14)17-13-7-5-4-6-12(13)10-18(2)3/h4-9,11,17H,10H2,1-3H3. The van der Waals surface area contributed by atoms with Crippen molar-refractivity contribution in [2.45, 2.75) is 19.5 Å². The molecule has 1 aromatic heterocycles. The van der Waals surface area contributed by atoms with Gasteiger partial charge in [-0.3, -0.25) is 0 Å². The smallest absolute Gasteiger partial charge is 0.0932 e. The van der Waals surface area contributed by atoms with E-state index in [1.54, 1.807) is 11.3 Å². The molecule has 0 aliphatic heterocycles. The minimum Gasteiger partial charge on any atom is -0.377 e. The average molecular weight is 295 g/mol. The highest BCUT2D eigenvalue weighted by Gasteiger charge is 2.10. The lowest BCUT2D eigenvalue weighted by Gasteiger charge is -2.19. The van der Waals surface area contributed by atoms with Crippen LogP contribution in [-0.4, -0.2) is 19.0 Å². The van der Waals surface area contributed by atoms with Crippen LogP contribution >= 0.6 is 22.9 Å². The van der Waals surface area contributed by atoms with Crippen molar-refractivity contribution in [2.75, 3.05) is 19.4 Å². The first-order valence-corrected chi connectivity index (χ1v) is 7.50. The molecule has 102 valence electrons. The van der Waals surface area contributed by atoms with Gasteiger partial charge in [0.25, 0.3) is 0 Å². The second-order valence-electron chi connectivity index (χ2n) is 4.90. The summed E-state index contributed by atoms with van der Waals surface area (Å²) in [7, 11) is 4.17. The van der Waals surface area contributed by atoms with Gasteiger partial charge in [0, 0.05) is 17.1 Å². The fourth-order valence-electron chi connectivity index (χ4n) is 2.01. The molecule has 2 nitrogen and oxygen atoms in total. The second-order valence-corrected chi connectivity index (χ2v) is 6.65. The van der Waals surface area contributed by atoms with Crippen LogP contribution in [0.2, 0.25) is 4.34 Å². The van der Waals surface area contributed by atoms with Crippen LogP contribution in [0.1, 0.15) is 23.4 Å². The fourth-order valence-corrected chi connectivity index (χ4v) is 3.07. The number of thiophene rings is 1. The van der Waals surface area contributed by atoms with Crippen molar-refractivity contribution < 1.29 is 0 Å². The van der Waals surface area contributed by atoms with Crippen molar-refractivity contribution >= 4 is 28.6 Å². The maximum atomic E-state index is 5.99. The zero-order valence-corrected chi connectivity index (χ0v) is 13.1. The molecule has 2 rings (SSSR count). The molecule has 0 spiro atoms. The van der Waals surface area contributed by atoms with Crippen LogP contribution < -0.4 is 5.32 Å². The molecule has 0 aliphatic rings. The molecule has 1 atom stereocenters. The molecule has 0 saturated carbocycles. The van der Waals surface area contributed by atoms with Crippen molar-refractivity contribution in [1.29, 1.82) is 0 Å². The Morgan fingerprint density at radius 2 is 1.95 bits per heavy atom. The Morgan fingerprint density at radius 3 is 2.58 bits per heavy atom. The molecule has 0 radical (unpaired) electrons. The van der Waals surface area contributed by atoms with Crippen molar-refractivity contribution in [3.8, 4) is 0 Å². The fraction of sp³-hybridized carbons (Fsp3) is 0.333. The summed E-state index contributed by atoms with van der Waals surface area (Å²) in [6.45, 7) is 3.09. The van der Waals surface area contributed by atoms with Gasteiger partial charge in [-0.25, -0.2) is 0 Å². The number of hydrogen-bond donors (Lipinski definition) is 1. The molecule has 1 N–H and O–H groups in total. The van der Waals surface area contributed by atoms with Crippen LogP contribution in [0.25, 0.3) is 0 Å². The minimum atomic E-state index is 0.265. The molecular formula is C15H19ClN2S. The first-order chi connectivity index (χ1) is 9.06. The summed E-state index contributed by atoms with van der Waals surface area (Å²) in [5.74, 6) is 0. The van der Waals surface area contributed by atoms with Crippen molar-refractivity contribution in [2.24, 2.45) is 0 Å². The van der Waals surface area contributed by atoms with E-state index in [2.05, 4.69) is 61.6 Å². The third kappa shape index (κ3) is 3.96. The van der Waals surface area contributed by atoms with Crippen LogP contribution in [0.5, 0.6) is 0 Å². The number of hydrogen-bond acceptors (Lipinski definition) is 3. The lowest BCUT2D eigenvalue weighted by atomic mass is 10.1. The molecule has 0 aliphatic carbocycles. The van der Waals surface area contributed by atoms with Gasteiger partial charge >= 0.3 is 0 Å². The van der Waals surface area contributed by atoms with Crippen LogP contribution in [-0.2, 0) is 6.54 Å². The summed E-state index contributed by atoms with van der Waals surface area (Å²) in [5.41, 5.74) is 2.50. The van der Waals surface area contributed by atoms with Crippen molar-refractivity contribution in [1.82, 2.24) is 4.90 Å². The quantitative estimate of drug-likeness (QED) is 0.864. The first-order valence-electron chi connectivity index (χ1n) is 6.30. The van der Waals surface area contributed by atoms with E-state index < -0.39 is 0 Å². The number of benzene rings is 1. The summed E-state index contributed by atoms with van der Waals surface area (Å²) < 4.78 is 0.838. The number of para-hydroxylation sites is 1. The molecular weight excluding hydrogens is 276 g/mol. The van der Waals surface area contributed by atoms with Gasteiger partial charge in [0.05, 0.1) is 10.4 Å². The van der Waals surface area contributed by atoms with E-state index in [1.807, 2.05) is 6.07 Å². The zero-order valence-electron chi connectivity index (χ0n) is 11.5. The molecule has 2 aromatic rings. The van der Waals surface area contributed by atoms with Gasteiger partial charge in [-0.1, -0.05) is 29.8 Å². The van der Waals surface area contributed by atoms with E-state index in [1.165, 1.54) is 16.1 Å². The summed E-state index contributed by atoms with van der Waals surface area (Å²) in [6, 6.07) is 12.7. The van der Waals surface area contributed by atoms with Gasteiger partial charge in [-0.05, 0) is 44.8 Å². The van der Waals surface area contributed by atoms with Gasteiger partial charge in [-0.15, -0.1) is 11.3 Å². The molecule has 0 fully saturated rings. The third-order valence-electron chi connectivity index (χ3n) is 2.90. The predicted octanol–water partition coefficient (Wildman–Crippen LogP) is 4.64. The van der Waals surface area contributed by atoms with E-state index in [9.17, 15) is 0 Å². The topological polar surface area (TPSA) is 15.3 Å². The number of nitrogens with zero attached hydrogens (tertiary/aromatic N) is 1. The SMILES string of the molecule is CC(Nc1ccccc1CN(C)C)c1ccc(Cl)s1. The van der Waals surface area contributed by atoms with Gasteiger partial charge < -0.3 is 10.2 Å². The lowest BCUT2D eigenvalue weighted by molar-refractivity contribution is 0.403. The van der Waals surface area contributed by atoms with Crippen molar-refractivity contribution in [3.05, 3.63) is 51.2 Å². The van der Waals surface area contributed by atoms with Crippen LogP contribution in [0.15, 0.2) is 36.4 Å². The predicted molar refractivity (Wildman–Crippen MR) is 85.2 cm³/mol. The number of anilines is 1. The van der Waals surface area contributed by atoms with Crippen LogP contribution in [0, 0.1) is 0 Å². The van der Waals surface area contributed by atoms with E-state index in [0.29, 0.717) is 0 Å². The Labute approximate surface area is 124 Å². The van der Waals surface area contributed by atoms with Crippen LogP contribution in [0.3, 0.4) is 0 Å². The Balaban J connectivity index is 2.14. The van der Waals surface area contributed by atoms with E-state index in [4.69, 9.17) is 11.6 Å². The monoisotopic (exact) mass is 294 g/mol. The summed E-state index contributed by atoms with van der Waals surface area (Å²) in [4.78, 5) is 3.43. The Bertz CT molecular complexity index is 536. The Morgan fingerprint density at radius 1 is 1.21 bits per heavy atom. The number of rotatable bonds is 5. The highest BCUT2D eigenvalue weighted by Crippen LogP contribution is 2.30. The lowest BCUT2D eigenvalue weighted by Crippen LogP contribution is -2.14. The minimum absolute atomic E-state index is 0.265. The molecule has 1 heterocycles. The number of halogens is 1. The first kappa shape index (κ1) is 14.4. The average Bonchev–Trinajstić information content (AvgIpc) is 2.78. The Hall–Kier alpha value is -1.03. The molecule has 1 aromatic carbocycles. The normalized spacial score (nSPS) is 12.7. The zero-order chi connectivity index (χ0) is 13.8. The largest absolute Gasteiger partial charge is 0.377 e. The summed E-state index contributed by atoms with van der Waals surface area (Å²) in [5, 5.41) is 3.57. The highest BCUT2D eigenvalue weighted by atomic mass is 35.5. The Kier molecular flexibility index (Phi) is 4.86. The highest BCUT2D eigenvalue weighted by molar-refractivity contribution is 7.16. The third-order valence-corrected chi connectivity index (χ3v) is 4.31. The van der Waals surface area contributed by atoms with Crippen LogP contribution in [0.4, 0.5) is 5.69 Å². The number of nitrogens with one attached hydrogen (secondary N) is 1. The van der Waals surface area contributed by atoms with E-state index >= 15 is 0 Å². The van der Waals surface area contributed by atoms with E-state index in [0.717, 1.165) is 10.9 Å². The van der Waals surface area contributed by atoms with Gasteiger partial charge in [0.1, 0.15) is 0 Å². The van der Waals surface area contributed by atoms with Crippen molar-refractivity contribution in [3.63, 3.8) is 0 Å². The second kappa shape index (κ2) is 6.42. The maximum absolute atomic E-state index is 5.99. The van der Waals surface area contributed by atoms with E-state index in [-0.39, 0.29) is 6.04 Å². The summed E-state index contributed by atoms with van der Waals surface area (Å²) >= 11 is 7.62. The molecule has 0 amide bonds. The molecule has 0 bridgehead atoms. The molecule has 1 unspecified atom stereocenters. The molecule has 4 heteroatoms.